The van der Waals surface area contributed by atoms with Crippen molar-refractivity contribution >= 4 is 27.6 Å². The first kappa shape index (κ1) is 14.4. The highest BCUT2D eigenvalue weighted by Crippen LogP contribution is 2.40. The Kier molecular flexibility index (Phi) is 3.90. The first-order chi connectivity index (χ1) is 8.84. The summed E-state index contributed by atoms with van der Waals surface area (Å²) in [5.74, 6) is -1.02. The maximum atomic E-state index is 11.4. The molecule has 104 valence electrons. The van der Waals surface area contributed by atoms with Crippen molar-refractivity contribution in [3.8, 4) is 0 Å². The number of aliphatic carboxylic acids is 1. The number of aryl methyl sites for hydroxylation is 1. The van der Waals surface area contributed by atoms with E-state index in [4.69, 9.17) is 0 Å². The number of carboxylic acid groups (broad SMARTS) is 1. The quantitative estimate of drug-likeness (QED) is 0.898. The molecule has 0 aromatic heterocycles. The largest absolute Gasteiger partial charge is 0.481 e. The summed E-state index contributed by atoms with van der Waals surface area (Å²) >= 11 is 3.60. The highest BCUT2D eigenvalue weighted by atomic mass is 79.9. The first-order valence-corrected chi connectivity index (χ1v) is 7.40. The molecule has 1 aromatic rings. The fourth-order valence-corrected chi connectivity index (χ4v) is 3.68. The van der Waals surface area contributed by atoms with Gasteiger partial charge in [-0.25, -0.2) is 0 Å². The van der Waals surface area contributed by atoms with Gasteiger partial charge in [-0.05, 0) is 67.2 Å². The van der Waals surface area contributed by atoms with Crippen molar-refractivity contribution in [3.63, 3.8) is 0 Å². The van der Waals surface area contributed by atoms with Gasteiger partial charge in [0, 0.05) is 16.6 Å². The third-order valence-electron chi connectivity index (χ3n) is 4.12. The molecule has 0 aliphatic carbocycles. The average Bonchev–Trinajstić information content (AvgIpc) is 2.29. The minimum atomic E-state index is -0.696. The van der Waals surface area contributed by atoms with Gasteiger partial charge in [0.05, 0.1) is 11.6 Å². The van der Waals surface area contributed by atoms with E-state index in [0.29, 0.717) is 0 Å². The number of hydrogen-bond donors (Lipinski definition) is 1. The maximum absolute atomic E-state index is 11.4. The zero-order valence-electron chi connectivity index (χ0n) is 11.6. The minimum Gasteiger partial charge on any atom is -0.481 e. The van der Waals surface area contributed by atoms with E-state index in [0.717, 1.165) is 29.5 Å². The molecule has 1 aliphatic rings. The van der Waals surface area contributed by atoms with E-state index < -0.39 is 5.97 Å². The molecule has 0 amide bonds. The Morgan fingerprint density at radius 2 is 2.16 bits per heavy atom. The second-order valence-electron chi connectivity index (χ2n) is 5.79. The number of halogens is 1. The second kappa shape index (κ2) is 5.16. The highest BCUT2D eigenvalue weighted by molar-refractivity contribution is 9.10. The van der Waals surface area contributed by atoms with Crippen molar-refractivity contribution in [2.24, 2.45) is 5.92 Å². The lowest BCUT2D eigenvalue weighted by molar-refractivity contribution is -0.144. The van der Waals surface area contributed by atoms with Crippen LogP contribution in [0.15, 0.2) is 22.7 Å². The van der Waals surface area contributed by atoms with Crippen LogP contribution in [-0.4, -0.2) is 23.2 Å². The van der Waals surface area contributed by atoms with Crippen LogP contribution in [0.1, 0.15) is 32.3 Å². The Hall–Kier alpha value is -1.03. The fraction of sp³-hybridized carbons (Fsp3) is 0.533. The molecule has 1 saturated heterocycles. The Bertz CT molecular complexity index is 499. The van der Waals surface area contributed by atoms with Crippen LogP contribution in [0.2, 0.25) is 0 Å². The lowest BCUT2D eigenvalue weighted by Crippen LogP contribution is -2.56. The number of carboxylic acids is 1. The Morgan fingerprint density at radius 3 is 2.74 bits per heavy atom. The number of benzene rings is 1. The van der Waals surface area contributed by atoms with Crippen LogP contribution in [0.5, 0.6) is 0 Å². The van der Waals surface area contributed by atoms with Crippen molar-refractivity contribution < 1.29 is 9.90 Å². The predicted molar refractivity (Wildman–Crippen MR) is 80.7 cm³/mol. The highest BCUT2D eigenvalue weighted by Gasteiger charge is 2.43. The molecule has 19 heavy (non-hydrogen) atoms. The summed E-state index contributed by atoms with van der Waals surface area (Å²) < 4.78 is 1.03. The summed E-state index contributed by atoms with van der Waals surface area (Å²) in [6.45, 7) is 7.00. The van der Waals surface area contributed by atoms with Gasteiger partial charge in [0.2, 0.25) is 0 Å². The molecule has 1 atom stereocenters. The molecule has 3 nitrogen and oxygen atoms in total. The second-order valence-corrected chi connectivity index (χ2v) is 6.65. The van der Waals surface area contributed by atoms with Crippen molar-refractivity contribution in [2.45, 2.75) is 39.2 Å². The first-order valence-electron chi connectivity index (χ1n) is 6.60. The van der Waals surface area contributed by atoms with E-state index in [2.05, 4.69) is 46.0 Å². The maximum Gasteiger partial charge on any atom is 0.308 e. The summed E-state index contributed by atoms with van der Waals surface area (Å²) in [5.41, 5.74) is 1.91. The van der Waals surface area contributed by atoms with Crippen molar-refractivity contribution in [1.82, 2.24) is 0 Å². The number of rotatable bonds is 2. The number of nitrogens with zero attached hydrogens (tertiary/aromatic N) is 1. The lowest BCUT2D eigenvalue weighted by atomic mass is 9.78. The van der Waals surface area contributed by atoms with Crippen LogP contribution in [-0.2, 0) is 4.79 Å². The van der Waals surface area contributed by atoms with Crippen molar-refractivity contribution in [1.29, 1.82) is 0 Å². The minimum absolute atomic E-state index is 0.325. The summed E-state index contributed by atoms with van der Waals surface area (Å²) in [4.78, 5) is 13.7. The Labute approximate surface area is 122 Å². The third kappa shape index (κ3) is 2.64. The van der Waals surface area contributed by atoms with Crippen molar-refractivity contribution in [3.05, 3.63) is 28.2 Å². The van der Waals surface area contributed by atoms with Crippen LogP contribution in [0.25, 0.3) is 0 Å². The number of carbonyl (C=O) groups is 1. The van der Waals surface area contributed by atoms with E-state index in [1.54, 1.807) is 0 Å². The molecule has 1 heterocycles. The van der Waals surface area contributed by atoms with E-state index in [1.807, 2.05) is 13.8 Å². The van der Waals surface area contributed by atoms with Crippen molar-refractivity contribution in [2.75, 3.05) is 11.4 Å². The van der Waals surface area contributed by atoms with Gasteiger partial charge in [0.1, 0.15) is 0 Å². The summed E-state index contributed by atoms with van der Waals surface area (Å²) in [5, 5.41) is 9.41. The van der Waals surface area contributed by atoms with Gasteiger partial charge in [-0.15, -0.1) is 0 Å². The zero-order valence-corrected chi connectivity index (χ0v) is 13.2. The molecular weight excluding hydrogens is 306 g/mol. The number of anilines is 1. The van der Waals surface area contributed by atoms with Gasteiger partial charge < -0.3 is 10.0 Å². The van der Waals surface area contributed by atoms with Crippen LogP contribution in [0, 0.1) is 12.8 Å². The molecule has 0 radical (unpaired) electrons. The number of piperidine rings is 1. The Balaban J connectivity index is 2.40. The zero-order chi connectivity index (χ0) is 14.2. The number of hydrogen-bond acceptors (Lipinski definition) is 2. The summed E-state index contributed by atoms with van der Waals surface area (Å²) in [6, 6.07) is 6.22. The monoisotopic (exact) mass is 325 g/mol. The molecule has 1 unspecified atom stereocenters. The standard InChI is InChI=1S/C15H20BrNO2/c1-10-6-7-13(12(16)9-10)17-8-4-5-11(14(18)19)15(17,2)3/h6-7,9,11H,4-5,8H2,1-3H3,(H,18,19). The van der Waals surface area contributed by atoms with E-state index in [9.17, 15) is 9.90 Å². The molecule has 1 fully saturated rings. The van der Waals surface area contributed by atoms with Crippen LogP contribution in [0.4, 0.5) is 5.69 Å². The molecule has 0 saturated carbocycles. The van der Waals surface area contributed by atoms with E-state index in [1.165, 1.54) is 5.56 Å². The SMILES string of the molecule is Cc1ccc(N2CCCC(C(=O)O)C2(C)C)c(Br)c1. The summed E-state index contributed by atoms with van der Waals surface area (Å²) in [6.07, 6.45) is 1.67. The fourth-order valence-electron chi connectivity index (χ4n) is 2.97. The molecule has 4 heteroatoms. The average molecular weight is 326 g/mol. The molecule has 1 aliphatic heterocycles. The summed E-state index contributed by atoms with van der Waals surface area (Å²) in [7, 11) is 0. The van der Waals surface area contributed by atoms with Gasteiger partial charge in [-0.3, -0.25) is 4.79 Å². The Morgan fingerprint density at radius 1 is 1.47 bits per heavy atom. The van der Waals surface area contributed by atoms with Crippen LogP contribution in [0.3, 0.4) is 0 Å². The molecule has 0 bridgehead atoms. The molecule has 1 aromatic carbocycles. The lowest BCUT2D eigenvalue weighted by Gasteiger charge is -2.48. The van der Waals surface area contributed by atoms with E-state index >= 15 is 0 Å². The van der Waals surface area contributed by atoms with Gasteiger partial charge >= 0.3 is 5.97 Å². The van der Waals surface area contributed by atoms with Gasteiger partial charge in [0.15, 0.2) is 0 Å². The topological polar surface area (TPSA) is 40.5 Å². The van der Waals surface area contributed by atoms with Gasteiger partial charge in [0.25, 0.3) is 0 Å². The predicted octanol–water partition coefficient (Wildman–Crippen LogP) is 3.84. The van der Waals surface area contributed by atoms with Crippen LogP contribution < -0.4 is 4.90 Å². The molecule has 1 N–H and O–H groups in total. The smallest absolute Gasteiger partial charge is 0.308 e. The molecule has 0 spiro atoms. The normalized spacial score (nSPS) is 22.3. The van der Waals surface area contributed by atoms with Gasteiger partial charge in [-0.1, -0.05) is 6.07 Å². The molecule has 2 rings (SSSR count). The van der Waals surface area contributed by atoms with Crippen LogP contribution >= 0.6 is 15.9 Å². The van der Waals surface area contributed by atoms with E-state index in [-0.39, 0.29) is 11.5 Å². The van der Waals surface area contributed by atoms with Gasteiger partial charge in [-0.2, -0.15) is 0 Å². The third-order valence-corrected chi connectivity index (χ3v) is 4.75. The molecular formula is C15H20BrNO2.